The Morgan fingerprint density at radius 2 is 0.843 bits per heavy atom. The molecule has 0 aromatic heterocycles. The van der Waals surface area contributed by atoms with Crippen molar-refractivity contribution in [3.8, 4) is 82.6 Å². The predicted molar refractivity (Wildman–Crippen MR) is 498 cm³/mol. The summed E-state index contributed by atoms with van der Waals surface area (Å²) in [6.45, 7) is 39.1. The fraction of sp³-hybridized carbons (Fsp3) is 0.636. The van der Waals surface area contributed by atoms with Crippen LogP contribution in [0.3, 0.4) is 0 Å². The summed E-state index contributed by atoms with van der Waals surface area (Å²) >= 11 is 6.23. The quantitative estimate of drug-likeness (QED) is 0.00666. The number of alkyl halides is 1. The number of hydrogen-bond donors (Lipinski definition) is 2. The normalized spacial score (nSPS) is 10.8. The summed E-state index contributed by atoms with van der Waals surface area (Å²) in [6.07, 6.45) is 45.1. The third-order valence-corrected chi connectivity index (χ3v) is 22.2. The zero-order valence-electron chi connectivity index (χ0n) is 74.2. The molecular formula is C88H148Br2O20P2Si3. The van der Waals surface area contributed by atoms with E-state index in [1.54, 1.807) is 23.2 Å². The van der Waals surface area contributed by atoms with Crippen LogP contribution in [0.5, 0.6) is 0 Å². The lowest BCUT2D eigenvalue weighted by atomic mass is 10.1. The molecular weight excluding hydrogens is 1680 g/mol. The second-order valence-corrected chi connectivity index (χ2v) is 44.0. The Hall–Kier alpha value is -5.83. The van der Waals surface area contributed by atoms with Gasteiger partial charge in [0.15, 0.2) is 8.32 Å². The molecule has 0 aromatic rings. The Morgan fingerprint density at radius 1 is 0.504 bits per heavy atom. The van der Waals surface area contributed by atoms with E-state index in [4.69, 9.17) is 44.6 Å². The minimum Gasteiger partial charge on any atom is -0.469 e. The highest BCUT2D eigenvalue weighted by molar-refractivity contribution is 9.11. The Bertz CT molecular complexity index is 2900. The van der Waals surface area contributed by atoms with Gasteiger partial charge in [-0.05, 0) is 152 Å². The summed E-state index contributed by atoms with van der Waals surface area (Å²) < 4.78 is 48.5. The molecule has 0 aliphatic heterocycles. The number of esters is 5. The molecule has 115 heavy (non-hydrogen) atoms. The van der Waals surface area contributed by atoms with Crippen LogP contribution in [0.1, 0.15) is 216 Å². The number of aliphatic hydroxyl groups excluding tert-OH is 2. The number of allylic oxidation sites excluding steroid dienone is 9. The van der Waals surface area contributed by atoms with E-state index >= 15 is 0 Å². The molecule has 0 aliphatic carbocycles. The molecule has 0 aromatic carbocycles. The first-order valence-electron chi connectivity index (χ1n) is 39.0. The van der Waals surface area contributed by atoms with Crippen molar-refractivity contribution in [1.82, 2.24) is 0 Å². The van der Waals surface area contributed by atoms with Crippen molar-refractivity contribution >= 4 is 111 Å². The second kappa shape index (κ2) is 104. The zero-order valence-corrected chi connectivity index (χ0v) is 82.4. The van der Waals surface area contributed by atoms with Gasteiger partial charge in [0.2, 0.25) is 0 Å². The van der Waals surface area contributed by atoms with Gasteiger partial charge in [-0.3, -0.25) is 24.0 Å². The van der Waals surface area contributed by atoms with Gasteiger partial charge >= 0.3 is 38.4 Å². The largest absolute Gasteiger partial charge is 0.469 e. The molecule has 2 N–H and O–H groups in total. The Balaban J connectivity index is -0.000000139. The highest BCUT2D eigenvalue weighted by atomic mass is 79.9. The van der Waals surface area contributed by atoms with E-state index in [-0.39, 0.29) is 54.2 Å². The van der Waals surface area contributed by atoms with Crippen LogP contribution in [0.15, 0.2) is 71.8 Å². The van der Waals surface area contributed by atoms with E-state index in [1.165, 1.54) is 35.5 Å². The number of aldehydes is 1. The third kappa shape index (κ3) is 132. The minimum absolute atomic E-state index is 0.0248. The fourth-order valence-electron chi connectivity index (χ4n) is 6.45. The van der Waals surface area contributed by atoms with Crippen LogP contribution in [0.25, 0.3) is 0 Å². The molecule has 0 bridgehead atoms. The van der Waals surface area contributed by atoms with Crippen LogP contribution in [-0.4, -0.2) is 157 Å². The first kappa shape index (κ1) is 130. The van der Waals surface area contributed by atoms with Crippen LogP contribution < -0.4 is 0 Å². The van der Waals surface area contributed by atoms with E-state index in [2.05, 4.69) is 245 Å². The van der Waals surface area contributed by atoms with Gasteiger partial charge in [0.05, 0.1) is 68.6 Å². The van der Waals surface area contributed by atoms with Crippen LogP contribution in [-0.2, 0) is 75.0 Å². The number of terminal acetylenes is 1. The monoisotopic (exact) mass is 1830 g/mol. The summed E-state index contributed by atoms with van der Waals surface area (Å²) in [4.78, 5) is 80.3. The van der Waals surface area contributed by atoms with Crippen molar-refractivity contribution in [3.63, 3.8) is 0 Å². The zero-order chi connectivity index (χ0) is 90.0. The topological polar surface area (TPSA) is 269 Å². The highest BCUT2D eigenvalue weighted by Gasteiger charge is 2.39. The van der Waals surface area contributed by atoms with Crippen molar-refractivity contribution in [1.29, 1.82) is 0 Å². The molecule has 0 aliphatic rings. The number of carbonyl (C=O) groups is 6. The Kier molecular flexibility index (Phi) is 118. The van der Waals surface area contributed by atoms with Crippen LogP contribution in [0, 0.1) is 98.5 Å². The second-order valence-electron chi connectivity index (χ2n) is 27.0. The van der Waals surface area contributed by atoms with Crippen molar-refractivity contribution in [2.45, 2.75) is 280 Å². The third-order valence-electron chi connectivity index (χ3n) is 13.3. The van der Waals surface area contributed by atoms with E-state index in [0.29, 0.717) is 64.3 Å². The van der Waals surface area contributed by atoms with E-state index in [9.17, 15) is 28.8 Å². The van der Waals surface area contributed by atoms with Crippen molar-refractivity contribution in [2.75, 3.05) is 80.5 Å². The lowest BCUT2D eigenvalue weighted by Gasteiger charge is -2.37. The molecule has 0 saturated heterocycles. The number of aliphatic hydroxyl groups is 2. The summed E-state index contributed by atoms with van der Waals surface area (Å²) in [5.41, 5.74) is 6.66. The van der Waals surface area contributed by atoms with Gasteiger partial charge in [-0.15, -0.1) is 35.3 Å². The SMILES string of the molecule is C#CCCCCC(=O)OC.CC(C)(C)[Si](C)(C)OC(C=O)CC#C[Si](C)(C)C.CCC/C=C/C#CCCCCC(=O)OC.CCOP.CCOP(OCC)OCC.COC(=O)CCCCC#C/C=C/C=C[C@H](C)CC#C[Si](C)(C)C.COC(=O)CCCCC#C/C=C/CBr.COC(=O)CCCCC#C/C=C/CO.O=O.OC/C=C/Br. The standard InChI is InChI=1S/C20H30O2Si.C14H28O2Si2.C13H20O2.C11H15BrO2.C11H16O3.C8H12O2.C6H15O3P.C3H5BrO.C2H7OP.O2/c1-19(16-14-18-23(3,4)5)15-12-10-8-6-7-9-11-13-17-20(21)22-2;1-14(2,3)18(7,8)16-13(12-15)10-9-11-17(4,5)6;1-3-4-5-6-7-8-9-10-11-12-13(14)15-2;2*1-14-11(13)9-7-5-3-2-4-6-8-10-12;1-3-4-5-6-7-8(9)10-2;1-4-7-10(8-5-2)9-6-3;4-2-1-3-5;1-2-3-4;1-2/h8,10,12,15,19H,9,11,13,16-17H2,1-5H3;12-13H,10H2,1-8H3;5-6H,3-4,9-12H2,1-2H3;6,8H,3,5,7,9-10H2,1H3;6,8,12H,3,5,7,9-10H2,1H3;1H,4-7H2,2H3;4-6H2,1-3H3;1-2,5H,3H2;2,4H2,1H3;/b10-8+,15-12?;;6-5+;2*8-6+;;;2-1+;;/t19-;;;;;;;;;/m0........./s1. The fourth-order valence-corrected chi connectivity index (χ4v) is 10.2. The molecule has 0 saturated carbocycles. The molecule has 0 amide bonds. The summed E-state index contributed by atoms with van der Waals surface area (Å²) in [5.74, 6) is 32.4. The van der Waals surface area contributed by atoms with E-state index in [0.717, 1.165) is 134 Å². The molecule has 0 rings (SSSR count). The maximum atomic E-state index is 11.1. The van der Waals surface area contributed by atoms with Gasteiger partial charge in [-0.25, -0.2) is 0 Å². The van der Waals surface area contributed by atoms with Gasteiger partial charge in [-0.1, -0.05) is 202 Å². The smallest absolute Gasteiger partial charge is 0.332 e. The number of hydrogen-bond acceptors (Lipinski definition) is 20. The van der Waals surface area contributed by atoms with Gasteiger partial charge in [-0.2, -0.15) is 0 Å². The first-order valence-corrected chi connectivity index (χ1v) is 52.5. The van der Waals surface area contributed by atoms with Crippen LogP contribution in [0.2, 0.25) is 57.4 Å². The number of unbranched alkanes of at least 4 members (excludes halogenated alkanes) is 11. The Labute approximate surface area is 721 Å². The van der Waals surface area contributed by atoms with Crippen LogP contribution >= 0.6 is 49.9 Å². The minimum atomic E-state index is -1.87. The van der Waals surface area contributed by atoms with Gasteiger partial charge in [0.1, 0.15) is 28.5 Å². The molecule has 656 valence electrons. The van der Waals surface area contributed by atoms with Crippen LogP contribution in [0.4, 0.5) is 0 Å². The van der Waals surface area contributed by atoms with Gasteiger partial charge in [0.25, 0.3) is 0 Å². The lowest BCUT2D eigenvalue weighted by Crippen LogP contribution is -2.44. The molecule has 0 radical (unpaired) electrons. The number of carbonyl (C=O) groups excluding carboxylic acids is 6. The molecule has 20 nitrogen and oxygen atoms in total. The number of methoxy groups -OCH3 is 5. The summed E-state index contributed by atoms with van der Waals surface area (Å²) in [5, 5.41) is 17.3. The number of ether oxygens (including phenoxy) is 5. The first-order chi connectivity index (χ1) is 54.6. The Morgan fingerprint density at radius 3 is 1.12 bits per heavy atom. The predicted octanol–water partition coefficient (Wildman–Crippen LogP) is 21.1. The summed E-state index contributed by atoms with van der Waals surface area (Å²) in [7, 11) is 3.66. The molecule has 2 unspecified atom stereocenters. The highest BCUT2D eigenvalue weighted by Crippen LogP contribution is 2.39. The maximum absolute atomic E-state index is 11.1. The number of halogens is 2. The number of rotatable bonds is 39. The van der Waals surface area contributed by atoms with E-state index < -0.39 is 33.1 Å². The molecule has 0 spiro atoms. The lowest BCUT2D eigenvalue weighted by molar-refractivity contribution is -0.141. The molecule has 3 atom stereocenters. The molecule has 0 fully saturated rings. The van der Waals surface area contributed by atoms with Crippen molar-refractivity contribution in [3.05, 3.63) is 81.8 Å². The van der Waals surface area contributed by atoms with Crippen molar-refractivity contribution in [2.24, 2.45) is 5.92 Å². The van der Waals surface area contributed by atoms with Gasteiger partial charge in [0, 0.05) is 108 Å². The average molecular weight is 1830 g/mol. The summed E-state index contributed by atoms with van der Waals surface area (Å²) in [6, 6.07) is 0. The molecule has 0 heterocycles. The van der Waals surface area contributed by atoms with E-state index in [1.807, 2.05) is 64.2 Å². The maximum Gasteiger partial charge on any atom is 0.332 e. The van der Waals surface area contributed by atoms with Crippen molar-refractivity contribution < 1.29 is 85.2 Å². The van der Waals surface area contributed by atoms with Gasteiger partial charge < -0.3 is 61.2 Å². The molecule has 27 heteroatoms. The average Bonchev–Trinajstić information content (AvgIpc) is 0.833.